The number of nitrogen functional groups attached to an aromatic ring is 1. The maximum absolute atomic E-state index is 6.21. The molecule has 108 valence electrons. The summed E-state index contributed by atoms with van der Waals surface area (Å²) in [5, 5.41) is 7.99. The van der Waals surface area contributed by atoms with Crippen LogP contribution in [-0.2, 0) is 13.5 Å². The molecule has 0 spiro atoms. The Labute approximate surface area is 121 Å². The van der Waals surface area contributed by atoms with Crippen molar-refractivity contribution in [3.05, 3.63) is 41.1 Å². The van der Waals surface area contributed by atoms with Gasteiger partial charge >= 0.3 is 0 Å². The van der Waals surface area contributed by atoms with Crippen molar-refractivity contribution < 1.29 is 0 Å². The molecule has 4 heteroatoms. The first-order valence-electron chi connectivity index (χ1n) is 7.18. The van der Waals surface area contributed by atoms with Crippen LogP contribution in [0.3, 0.4) is 0 Å². The summed E-state index contributed by atoms with van der Waals surface area (Å²) in [6, 6.07) is 8.59. The molecule has 1 aromatic heterocycles. The fourth-order valence-electron chi connectivity index (χ4n) is 2.54. The predicted octanol–water partition coefficient (Wildman–Crippen LogP) is 3.44. The maximum atomic E-state index is 6.21. The van der Waals surface area contributed by atoms with E-state index in [1.807, 2.05) is 11.7 Å². The molecule has 2 aromatic rings. The van der Waals surface area contributed by atoms with Crippen LogP contribution in [-0.4, -0.2) is 9.78 Å². The number of nitrogens with zero attached hydrogens (tertiary/aromatic N) is 2. The van der Waals surface area contributed by atoms with E-state index in [4.69, 9.17) is 5.73 Å². The lowest BCUT2D eigenvalue weighted by atomic mass is 10.0. The molecule has 1 atom stereocenters. The Morgan fingerprint density at radius 2 is 2.05 bits per heavy atom. The van der Waals surface area contributed by atoms with Crippen LogP contribution in [0.25, 0.3) is 0 Å². The second kappa shape index (κ2) is 5.99. The minimum absolute atomic E-state index is 0.198. The minimum Gasteiger partial charge on any atom is -0.394 e. The summed E-state index contributed by atoms with van der Waals surface area (Å²) in [5.41, 5.74) is 10.5. The average molecular weight is 272 g/mol. The molecule has 1 unspecified atom stereocenters. The lowest BCUT2D eigenvalue weighted by Gasteiger charge is -2.18. The van der Waals surface area contributed by atoms with Crippen molar-refractivity contribution in [2.75, 3.05) is 11.1 Å². The van der Waals surface area contributed by atoms with Gasteiger partial charge in [0.05, 0.1) is 17.4 Å². The number of nitrogens with two attached hydrogens (primary N) is 1. The van der Waals surface area contributed by atoms with Crippen molar-refractivity contribution in [2.24, 2.45) is 7.05 Å². The molecule has 2 rings (SSSR count). The lowest BCUT2D eigenvalue weighted by Crippen LogP contribution is -2.12. The summed E-state index contributed by atoms with van der Waals surface area (Å²) in [6.07, 6.45) is 1.97. The number of hydrogen-bond donors (Lipinski definition) is 2. The summed E-state index contributed by atoms with van der Waals surface area (Å²) in [5.74, 6) is 0.907. The molecule has 0 aliphatic carbocycles. The third-order valence-electron chi connectivity index (χ3n) is 3.66. The highest BCUT2D eigenvalue weighted by molar-refractivity contribution is 5.65. The Hall–Kier alpha value is -1.97. The van der Waals surface area contributed by atoms with Gasteiger partial charge in [0.15, 0.2) is 0 Å². The number of anilines is 2. The van der Waals surface area contributed by atoms with Crippen molar-refractivity contribution in [2.45, 2.75) is 39.7 Å². The van der Waals surface area contributed by atoms with Crippen molar-refractivity contribution >= 4 is 11.5 Å². The smallest absolute Gasteiger partial charge is 0.148 e. The van der Waals surface area contributed by atoms with E-state index < -0.39 is 0 Å². The monoisotopic (exact) mass is 272 g/mol. The van der Waals surface area contributed by atoms with Crippen LogP contribution < -0.4 is 11.1 Å². The van der Waals surface area contributed by atoms with Gasteiger partial charge in [0.25, 0.3) is 0 Å². The second-order valence-electron chi connectivity index (χ2n) is 5.31. The van der Waals surface area contributed by atoms with Crippen LogP contribution in [0.2, 0.25) is 0 Å². The molecule has 1 aromatic carbocycles. The van der Waals surface area contributed by atoms with Crippen LogP contribution >= 0.6 is 0 Å². The first kappa shape index (κ1) is 14.4. The zero-order valence-electron chi connectivity index (χ0n) is 12.8. The number of nitrogens with one attached hydrogen (secondary N) is 1. The van der Waals surface area contributed by atoms with Crippen molar-refractivity contribution in [1.29, 1.82) is 0 Å². The summed E-state index contributed by atoms with van der Waals surface area (Å²) >= 11 is 0. The Bertz CT molecular complexity index is 586. The van der Waals surface area contributed by atoms with E-state index >= 15 is 0 Å². The summed E-state index contributed by atoms with van der Waals surface area (Å²) < 4.78 is 1.84. The van der Waals surface area contributed by atoms with Crippen molar-refractivity contribution in [1.82, 2.24) is 9.78 Å². The molecule has 20 heavy (non-hydrogen) atoms. The Kier molecular flexibility index (Phi) is 4.32. The van der Waals surface area contributed by atoms with Crippen molar-refractivity contribution in [3.8, 4) is 0 Å². The molecule has 0 radical (unpaired) electrons. The largest absolute Gasteiger partial charge is 0.394 e. The van der Waals surface area contributed by atoms with Gasteiger partial charge in [-0.15, -0.1) is 0 Å². The lowest BCUT2D eigenvalue weighted by molar-refractivity contribution is 0.724. The van der Waals surface area contributed by atoms with Crippen LogP contribution in [0.1, 0.15) is 43.1 Å². The SMILES string of the molecule is CCCc1nn(C)c(NC(C)c2ccccc2C)c1N. The van der Waals surface area contributed by atoms with Crippen LogP contribution in [0.15, 0.2) is 24.3 Å². The average Bonchev–Trinajstić information content (AvgIpc) is 2.67. The molecule has 3 N–H and O–H groups in total. The predicted molar refractivity (Wildman–Crippen MR) is 84.8 cm³/mol. The molecule has 0 aliphatic rings. The fourth-order valence-corrected chi connectivity index (χ4v) is 2.54. The molecular formula is C16H24N4. The van der Waals surface area contributed by atoms with Gasteiger partial charge in [0.2, 0.25) is 0 Å². The first-order valence-corrected chi connectivity index (χ1v) is 7.18. The van der Waals surface area contributed by atoms with Gasteiger partial charge in [0.1, 0.15) is 5.82 Å². The maximum Gasteiger partial charge on any atom is 0.148 e. The summed E-state index contributed by atoms with van der Waals surface area (Å²) in [4.78, 5) is 0. The second-order valence-corrected chi connectivity index (χ2v) is 5.31. The Morgan fingerprint density at radius 3 is 2.70 bits per heavy atom. The van der Waals surface area contributed by atoms with E-state index in [1.165, 1.54) is 11.1 Å². The van der Waals surface area contributed by atoms with Gasteiger partial charge in [-0.2, -0.15) is 5.10 Å². The Morgan fingerprint density at radius 1 is 1.35 bits per heavy atom. The number of aryl methyl sites for hydroxylation is 3. The third-order valence-corrected chi connectivity index (χ3v) is 3.66. The molecule has 0 bridgehead atoms. The van der Waals surface area contributed by atoms with E-state index in [0.717, 1.165) is 30.0 Å². The van der Waals surface area contributed by atoms with E-state index in [-0.39, 0.29) is 6.04 Å². The third kappa shape index (κ3) is 2.79. The quantitative estimate of drug-likeness (QED) is 0.876. The van der Waals surface area contributed by atoms with Crippen LogP contribution in [0.4, 0.5) is 11.5 Å². The molecular weight excluding hydrogens is 248 g/mol. The number of hydrogen-bond acceptors (Lipinski definition) is 3. The van der Waals surface area contributed by atoms with Gasteiger partial charge in [-0.1, -0.05) is 37.6 Å². The van der Waals surface area contributed by atoms with Gasteiger partial charge in [-0.25, -0.2) is 0 Å². The number of rotatable bonds is 5. The molecule has 0 saturated heterocycles. The standard InChI is InChI=1S/C16H24N4/c1-5-8-14-15(17)16(20(4)19-14)18-12(3)13-10-7-6-9-11(13)2/h6-7,9-10,12,18H,5,8,17H2,1-4H3. The van der Waals surface area contributed by atoms with E-state index in [9.17, 15) is 0 Å². The molecule has 4 nitrogen and oxygen atoms in total. The molecule has 0 aliphatic heterocycles. The van der Waals surface area contributed by atoms with Gasteiger partial charge < -0.3 is 11.1 Å². The van der Waals surface area contributed by atoms with E-state index in [2.05, 4.69) is 55.5 Å². The molecule has 0 amide bonds. The highest BCUT2D eigenvalue weighted by Gasteiger charge is 2.16. The van der Waals surface area contributed by atoms with Gasteiger partial charge in [-0.05, 0) is 31.4 Å². The topological polar surface area (TPSA) is 55.9 Å². The van der Waals surface area contributed by atoms with E-state index in [1.54, 1.807) is 0 Å². The highest BCUT2D eigenvalue weighted by atomic mass is 15.3. The fraction of sp³-hybridized carbons (Fsp3) is 0.438. The normalized spacial score (nSPS) is 12.4. The minimum atomic E-state index is 0.198. The van der Waals surface area contributed by atoms with Crippen molar-refractivity contribution in [3.63, 3.8) is 0 Å². The van der Waals surface area contributed by atoms with Gasteiger partial charge in [-0.3, -0.25) is 4.68 Å². The molecule has 1 heterocycles. The molecule has 0 fully saturated rings. The number of benzene rings is 1. The highest BCUT2D eigenvalue weighted by Crippen LogP contribution is 2.28. The molecule has 0 saturated carbocycles. The number of aromatic nitrogens is 2. The summed E-state index contributed by atoms with van der Waals surface area (Å²) in [7, 11) is 1.93. The van der Waals surface area contributed by atoms with Gasteiger partial charge in [0, 0.05) is 7.05 Å². The summed E-state index contributed by atoms with van der Waals surface area (Å²) in [6.45, 7) is 6.41. The first-order chi connectivity index (χ1) is 9.54. The van der Waals surface area contributed by atoms with E-state index in [0.29, 0.717) is 0 Å². The Balaban J connectivity index is 2.24. The van der Waals surface area contributed by atoms with Crippen LogP contribution in [0, 0.1) is 6.92 Å². The van der Waals surface area contributed by atoms with Crippen LogP contribution in [0.5, 0.6) is 0 Å². The zero-order chi connectivity index (χ0) is 14.7. The zero-order valence-corrected chi connectivity index (χ0v) is 12.8.